The van der Waals surface area contributed by atoms with Gasteiger partial charge in [0.15, 0.2) is 5.65 Å². The minimum absolute atomic E-state index is 0.572. The van der Waals surface area contributed by atoms with Gasteiger partial charge in [-0.25, -0.2) is 9.97 Å². The highest BCUT2D eigenvalue weighted by Crippen LogP contribution is 2.24. The summed E-state index contributed by atoms with van der Waals surface area (Å²) in [6, 6.07) is 9.66. The van der Waals surface area contributed by atoms with Crippen LogP contribution in [-0.4, -0.2) is 33.3 Å². The lowest BCUT2D eigenvalue weighted by Gasteiger charge is -2.05. The second-order valence-electron chi connectivity index (χ2n) is 4.10. The summed E-state index contributed by atoms with van der Waals surface area (Å²) in [5.74, 6) is 0.801. The number of anilines is 1. The number of aromatic nitrogens is 4. The first kappa shape index (κ1) is 11.6. The van der Waals surface area contributed by atoms with Gasteiger partial charge in [-0.3, -0.25) is 5.10 Å². The molecule has 0 spiro atoms. The molecular formula is C13H14N6. The number of hydrogen-bond acceptors (Lipinski definition) is 5. The number of nitrogens with zero attached hydrogens (tertiary/aromatic N) is 3. The van der Waals surface area contributed by atoms with E-state index in [0.29, 0.717) is 18.7 Å². The molecule has 3 heterocycles. The molecule has 6 heteroatoms. The molecule has 96 valence electrons. The summed E-state index contributed by atoms with van der Waals surface area (Å²) in [7, 11) is 0. The average molecular weight is 254 g/mol. The maximum atomic E-state index is 5.47. The molecule has 0 atom stereocenters. The van der Waals surface area contributed by atoms with Gasteiger partial charge in [-0.2, -0.15) is 5.10 Å². The number of hydrogen-bond donors (Lipinski definition) is 3. The first-order valence-electron chi connectivity index (χ1n) is 6.09. The van der Waals surface area contributed by atoms with E-state index < -0.39 is 0 Å². The molecule has 6 nitrogen and oxygen atoms in total. The van der Waals surface area contributed by atoms with Crippen LogP contribution in [0.4, 0.5) is 5.82 Å². The topological polar surface area (TPSA) is 92.5 Å². The fraction of sp³-hybridized carbons (Fsp3) is 0.154. The Hall–Kier alpha value is -2.47. The van der Waals surface area contributed by atoms with Gasteiger partial charge in [-0.05, 0) is 24.3 Å². The number of rotatable bonds is 4. The summed E-state index contributed by atoms with van der Waals surface area (Å²) >= 11 is 0. The minimum atomic E-state index is 0.572. The van der Waals surface area contributed by atoms with Gasteiger partial charge in [0.05, 0.1) is 11.4 Å². The van der Waals surface area contributed by atoms with E-state index >= 15 is 0 Å². The Morgan fingerprint density at radius 2 is 2.16 bits per heavy atom. The lowest BCUT2D eigenvalue weighted by atomic mass is 10.2. The van der Waals surface area contributed by atoms with Crippen LogP contribution in [0.5, 0.6) is 0 Å². The average Bonchev–Trinajstić information content (AvgIpc) is 2.89. The van der Waals surface area contributed by atoms with Crippen molar-refractivity contribution in [2.45, 2.75) is 0 Å². The predicted molar refractivity (Wildman–Crippen MR) is 74.7 cm³/mol. The monoisotopic (exact) mass is 254 g/mol. The van der Waals surface area contributed by atoms with Crippen molar-refractivity contribution in [2.75, 3.05) is 18.4 Å². The lowest BCUT2D eigenvalue weighted by Crippen LogP contribution is -2.13. The third-order valence-electron chi connectivity index (χ3n) is 2.79. The predicted octanol–water partition coefficient (Wildman–Crippen LogP) is 1.39. The molecule has 4 N–H and O–H groups in total. The van der Waals surface area contributed by atoms with Crippen molar-refractivity contribution in [3.63, 3.8) is 0 Å². The first-order chi connectivity index (χ1) is 9.38. The Morgan fingerprint density at radius 3 is 3.05 bits per heavy atom. The fourth-order valence-electron chi connectivity index (χ4n) is 1.92. The van der Waals surface area contributed by atoms with Crippen LogP contribution in [0, 0.1) is 0 Å². The summed E-state index contributed by atoms with van der Waals surface area (Å²) < 4.78 is 0. The van der Waals surface area contributed by atoms with E-state index in [1.54, 1.807) is 6.20 Å². The number of aromatic amines is 1. The maximum Gasteiger partial charge on any atom is 0.181 e. The number of pyridine rings is 2. The standard InChI is InChI=1S/C13H14N6/c14-6-8-15-11-5-1-4-10(17-11)12-9-3-2-7-16-13(9)19-18-12/h1-5,7H,6,8,14H2,(H,15,17)(H,16,18,19). The van der Waals surface area contributed by atoms with Crippen LogP contribution in [0.1, 0.15) is 0 Å². The molecule has 19 heavy (non-hydrogen) atoms. The minimum Gasteiger partial charge on any atom is -0.369 e. The number of H-pyrrole nitrogens is 1. The lowest BCUT2D eigenvalue weighted by molar-refractivity contribution is 1.01. The van der Waals surface area contributed by atoms with Gasteiger partial charge in [0.1, 0.15) is 5.82 Å². The van der Waals surface area contributed by atoms with Gasteiger partial charge < -0.3 is 11.1 Å². The van der Waals surface area contributed by atoms with E-state index in [4.69, 9.17) is 5.73 Å². The zero-order valence-corrected chi connectivity index (χ0v) is 10.3. The van der Waals surface area contributed by atoms with Crippen LogP contribution in [-0.2, 0) is 0 Å². The van der Waals surface area contributed by atoms with E-state index in [-0.39, 0.29) is 0 Å². The van der Waals surface area contributed by atoms with Crippen molar-refractivity contribution in [1.29, 1.82) is 0 Å². The molecule has 0 bridgehead atoms. The summed E-state index contributed by atoms with van der Waals surface area (Å²) in [6.45, 7) is 1.27. The third-order valence-corrected chi connectivity index (χ3v) is 2.79. The molecule has 3 aromatic heterocycles. The molecule has 0 fully saturated rings. The second-order valence-corrected chi connectivity index (χ2v) is 4.10. The van der Waals surface area contributed by atoms with Crippen molar-refractivity contribution in [1.82, 2.24) is 20.2 Å². The molecule has 0 aliphatic carbocycles. The molecule has 0 unspecified atom stereocenters. The highest BCUT2D eigenvalue weighted by Gasteiger charge is 2.09. The molecule has 0 amide bonds. The van der Waals surface area contributed by atoms with Crippen molar-refractivity contribution in [3.8, 4) is 11.4 Å². The summed E-state index contributed by atoms with van der Waals surface area (Å²) in [4.78, 5) is 8.73. The summed E-state index contributed by atoms with van der Waals surface area (Å²) in [5, 5.41) is 11.3. The van der Waals surface area contributed by atoms with Gasteiger partial charge >= 0.3 is 0 Å². The van der Waals surface area contributed by atoms with Gasteiger partial charge in [0.2, 0.25) is 0 Å². The number of fused-ring (bicyclic) bond motifs is 1. The van der Waals surface area contributed by atoms with Crippen LogP contribution in [0.15, 0.2) is 36.5 Å². The normalized spacial score (nSPS) is 10.8. The Labute approximate surface area is 110 Å². The highest BCUT2D eigenvalue weighted by atomic mass is 15.2. The fourth-order valence-corrected chi connectivity index (χ4v) is 1.92. The molecule has 3 rings (SSSR count). The summed E-state index contributed by atoms with van der Waals surface area (Å²) in [5.41, 5.74) is 7.87. The smallest absolute Gasteiger partial charge is 0.181 e. The highest BCUT2D eigenvalue weighted by molar-refractivity contribution is 5.89. The van der Waals surface area contributed by atoms with Crippen LogP contribution in [0.25, 0.3) is 22.4 Å². The molecule has 0 radical (unpaired) electrons. The van der Waals surface area contributed by atoms with E-state index in [1.807, 2.05) is 30.3 Å². The Kier molecular flexibility index (Phi) is 3.07. The maximum absolute atomic E-state index is 5.47. The van der Waals surface area contributed by atoms with Crippen molar-refractivity contribution in [2.24, 2.45) is 5.73 Å². The van der Waals surface area contributed by atoms with Gasteiger partial charge in [-0.15, -0.1) is 0 Å². The van der Waals surface area contributed by atoms with Crippen LogP contribution in [0.3, 0.4) is 0 Å². The van der Waals surface area contributed by atoms with Gasteiger partial charge in [0.25, 0.3) is 0 Å². The third kappa shape index (κ3) is 2.25. The zero-order valence-electron chi connectivity index (χ0n) is 10.3. The largest absolute Gasteiger partial charge is 0.369 e. The van der Waals surface area contributed by atoms with E-state index in [2.05, 4.69) is 25.5 Å². The van der Waals surface area contributed by atoms with Crippen molar-refractivity contribution in [3.05, 3.63) is 36.5 Å². The SMILES string of the molecule is NCCNc1cccc(-c2[nH]nc3ncccc23)n1. The Balaban J connectivity index is 2.01. The quantitative estimate of drug-likeness (QED) is 0.654. The van der Waals surface area contributed by atoms with E-state index in [0.717, 1.165) is 22.6 Å². The van der Waals surface area contributed by atoms with E-state index in [9.17, 15) is 0 Å². The van der Waals surface area contributed by atoms with Crippen molar-refractivity contribution >= 4 is 16.9 Å². The Bertz CT molecular complexity index is 690. The van der Waals surface area contributed by atoms with Crippen LogP contribution < -0.4 is 11.1 Å². The first-order valence-corrected chi connectivity index (χ1v) is 6.09. The van der Waals surface area contributed by atoms with Crippen LogP contribution >= 0.6 is 0 Å². The molecule has 0 aliphatic rings. The van der Waals surface area contributed by atoms with E-state index in [1.165, 1.54) is 0 Å². The van der Waals surface area contributed by atoms with Gasteiger partial charge in [-0.1, -0.05) is 6.07 Å². The zero-order chi connectivity index (χ0) is 13.1. The van der Waals surface area contributed by atoms with Gasteiger partial charge in [0, 0.05) is 24.7 Å². The second kappa shape index (κ2) is 5.03. The summed E-state index contributed by atoms with van der Waals surface area (Å²) in [6.07, 6.45) is 1.72. The Morgan fingerprint density at radius 1 is 1.21 bits per heavy atom. The van der Waals surface area contributed by atoms with Crippen LogP contribution in [0.2, 0.25) is 0 Å². The number of nitrogens with one attached hydrogen (secondary N) is 2. The molecule has 0 saturated heterocycles. The van der Waals surface area contributed by atoms with Crippen molar-refractivity contribution < 1.29 is 0 Å². The molecule has 0 aromatic carbocycles. The number of nitrogens with two attached hydrogens (primary N) is 1. The molecule has 0 saturated carbocycles. The molecule has 0 aliphatic heterocycles. The molecule has 3 aromatic rings. The molecular weight excluding hydrogens is 240 g/mol.